The first-order valence-corrected chi connectivity index (χ1v) is 7.32. The summed E-state index contributed by atoms with van der Waals surface area (Å²) in [7, 11) is -2.25. The van der Waals surface area contributed by atoms with E-state index in [9.17, 15) is 12.8 Å². The van der Waals surface area contributed by atoms with Gasteiger partial charge in [0.1, 0.15) is 17.7 Å². The number of nitrogens with one attached hydrogen (secondary N) is 1. The molecule has 0 unspecified atom stereocenters. The van der Waals surface area contributed by atoms with Crippen LogP contribution in [-0.2, 0) is 14.8 Å². The molecule has 20 heavy (non-hydrogen) atoms. The van der Waals surface area contributed by atoms with Crippen LogP contribution in [0.3, 0.4) is 0 Å². The van der Waals surface area contributed by atoms with Gasteiger partial charge in [0.15, 0.2) is 0 Å². The fourth-order valence-corrected chi connectivity index (χ4v) is 2.69. The van der Waals surface area contributed by atoms with Gasteiger partial charge in [-0.3, -0.25) is 0 Å². The largest absolute Gasteiger partial charge is 0.467 e. The van der Waals surface area contributed by atoms with Gasteiger partial charge in [-0.1, -0.05) is 0 Å². The van der Waals surface area contributed by atoms with E-state index in [1.807, 2.05) is 0 Å². The molecule has 0 saturated carbocycles. The first kappa shape index (κ1) is 14.7. The third-order valence-electron chi connectivity index (χ3n) is 2.73. The van der Waals surface area contributed by atoms with Crippen LogP contribution in [0.4, 0.5) is 4.39 Å². The molecule has 0 aliphatic carbocycles. The Hall–Kier alpha value is -1.70. The molecule has 1 aromatic heterocycles. The van der Waals surface area contributed by atoms with Gasteiger partial charge in [-0.2, -0.15) is 0 Å². The highest BCUT2D eigenvalue weighted by Gasteiger charge is 2.19. The summed E-state index contributed by atoms with van der Waals surface area (Å²) in [6.07, 6.45) is 0.954. The molecule has 1 aromatic carbocycles. The Morgan fingerprint density at radius 1 is 1.30 bits per heavy atom. The first-order chi connectivity index (χ1) is 9.53. The van der Waals surface area contributed by atoms with Crippen molar-refractivity contribution < 1.29 is 22.0 Å². The maximum absolute atomic E-state index is 12.8. The molecule has 1 N–H and O–H groups in total. The predicted octanol–water partition coefficient (Wildman–Crippen LogP) is 2.08. The van der Waals surface area contributed by atoms with Gasteiger partial charge in [0.25, 0.3) is 0 Å². The fourth-order valence-electron chi connectivity index (χ4n) is 1.66. The van der Waals surface area contributed by atoms with Gasteiger partial charge in [0.05, 0.1) is 11.2 Å². The van der Waals surface area contributed by atoms with Gasteiger partial charge in [-0.05, 0) is 36.4 Å². The van der Waals surface area contributed by atoms with Crippen molar-refractivity contribution in [3.63, 3.8) is 0 Å². The van der Waals surface area contributed by atoms with E-state index in [1.54, 1.807) is 12.1 Å². The molecule has 1 heterocycles. The molecule has 108 valence electrons. The van der Waals surface area contributed by atoms with Crippen LogP contribution in [-0.4, -0.2) is 22.1 Å². The second kappa shape index (κ2) is 6.17. The van der Waals surface area contributed by atoms with E-state index < -0.39 is 21.9 Å². The summed E-state index contributed by atoms with van der Waals surface area (Å²) in [6.45, 7) is 0.0176. The number of rotatable bonds is 6. The maximum atomic E-state index is 12.8. The van der Waals surface area contributed by atoms with E-state index in [4.69, 9.17) is 9.15 Å². The lowest BCUT2D eigenvalue weighted by molar-refractivity contribution is 0.0878. The Balaban J connectivity index is 2.07. The van der Waals surface area contributed by atoms with Crippen LogP contribution in [0.5, 0.6) is 0 Å². The zero-order chi connectivity index (χ0) is 14.6. The Bertz CT molecular complexity index is 638. The molecule has 1 atom stereocenters. The monoisotopic (exact) mass is 299 g/mol. The number of hydrogen-bond acceptors (Lipinski definition) is 4. The van der Waals surface area contributed by atoms with Crippen molar-refractivity contribution in [2.75, 3.05) is 13.7 Å². The topological polar surface area (TPSA) is 68.5 Å². The number of hydrogen-bond donors (Lipinski definition) is 1. The Morgan fingerprint density at radius 3 is 2.55 bits per heavy atom. The Labute approximate surface area is 116 Å². The van der Waals surface area contributed by atoms with Gasteiger partial charge in [-0.25, -0.2) is 17.5 Å². The minimum absolute atomic E-state index is 0.00630. The molecule has 0 aliphatic rings. The number of methoxy groups -OCH3 is 1. The normalized spacial score (nSPS) is 13.3. The van der Waals surface area contributed by atoms with Crippen molar-refractivity contribution in [1.82, 2.24) is 4.72 Å². The molecule has 0 amide bonds. The van der Waals surface area contributed by atoms with E-state index in [0.29, 0.717) is 5.76 Å². The molecule has 2 rings (SSSR count). The van der Waals surface area contributed by atoms with Gasteiger partial charge < -0.3 is 9.15 Å². The smallest absolute Gasteiger partial charge is 0.240 e. The predicted molar refractivity (Wildman–Crippen MR) is 70.0 cm³/mol. The summed E-state index contributed by atoms with van der Waals surface area (Å²) in [6, 6.07) is 7.97. The quantitative estimate of drug-likeness (QED) is 0.886. The van der Waals surface area contributed by atoms with Crippen LogP contribution >= 0.6 is 0 Å². The van der Waals surface area contributed by atoms with Gasteiger partial charge in [0, 0.05) is 13.7 Å². The molecule has 0 saturated heterocycles. The van der Waals surface area contributed by atoms with E-state index in [2.05, 4.69) is 4.72 Å². The third kappa shape index (κ3) is 3.44. The lowest BCUT2D eigenvalue weighted by Crippen LogP contribution is -2.29. The van der Waals surface area contributed by atoms with E-state index in [1.165, 1.54) is 25.5 Å². The Morgan fingerprint density at radius 2 is 2.00 bits per heavy atom. The van der Waals surface area contributed by atoms with Crippen LogP contribution in [0.1, 0.15) is 11.9 Å². The summed E-state index contributed by atoms with van der Waals surface area (Å²) in [5.74, 6) is 0.0311. The average Bonchev–Trinajstić information content (AvgIpc) is 2.94. The first-order valence-electron chi connectivity index (χ1n) is 5.84. The van der Waals surface area contributed by atoms with Crippen LogP contribution in [0.2, 0.25) is 0 Å². The van der Waals surface area contributed by atoms with Crippen molar-refractivity contribution >= 4 is 10.0 Å². The second-order valence-electron chi connectivity index (χ2n) is 4.05. The van der Waals surface area contributed by atoms with Crippen LogP contribution in [0, 0.1) is 5.82 Å². The second-order valence-corrected chi connectivity index (χ2v) is 5.81. The molecule has 0 fully saturated rings. The van der Waals surface area contributed by atoms with Crippen molar-refractivity contribution in [2.45, 2.75) is 11.0 Å². The lowest BCUT2D eigenvalue weighted by atomic mass is 10.3. The zero-order valence-corrected chi connectivity index (χ0v) is 11.6. The molecular formula is C13H14FNO4S. The highest BCUT2D eigenvalue weighted by Crippen LogP contribution is 2.17. The standard InChI is InChI=1S/C13H14FNO4S/c1-18-13(12-3-2-8-19-12)9-15-20(16,17)11-6-4-10(14)5-7-11/h2-8,13,15H,9H2,1H3/t13-/m1/s1. The number of sulfonamides is 1. The lowest BCUT2D eigenvalue weighted by Gasteiger charge is -2.14. The van der Waals surface area contributed by atoms with Crippen LogP contribution < -0.4 is 4.72 Å². The van der Waals surface area contributed by atoms with Gasteiger partial charge >= 0.3 is 0 Å². The number of halogens is 1. The fraction of sp³-hybridized carbons (Fsp3) is 0.231. The van der Waals surface area contributed by atoms with Crippen molar-refractivity contribution in [1.29, 1.82) is 0 Å². The highest BCUT2D eigenvalue weighted by atomic mass is 32.2. The molecule has 7 heteroatoms. The molecule has 2 aromatic rings. The highest BCUT2D eigenvalue weighted by molar-refractivity contribution is 7.89. The van der Waals surface area contributed by atoms with Crippen LogP contribution in [0.15, 0.2) is 52.0 Å². The molecule has 0 bridgehead atoms. The number of furan rings is 1. The summed E-state index contributed by atoms with van der Waals surface area (Å²) in [5, 5.41) is 0. The summed E-state index contributed by atoms with van der Waals surface area (Å²) >= 11 is 0. The molecule has 0 radical (unpaired) electrons. The summed E-state index contributed by atoms with van der Waals surface area (Å²) in [5.41, 5.74) is 0. The number of benzene rings is 1. The molecule has 0 aliphatic heterocycles. The molecule has 5 nitrogen and oxygen atoms in total. The van der Waals surface area contributed by atoms with E-state index in [-0.39, 0.29) is 11.4 Å². The Kier molecular flexibility index (Phi) is 4.53. The summed E-state index contributed by atoms with van der Waals surface area (Å²) < 4.78 is 49.5. The van der Waals surface area contributed by atoms with E-state index >= 15 is 0 Å². The van der Waals surface area contributed by atoms with Crippen LogP contribution in [0.25, 0.3) is 0 Å². The minimum atomic E-state index is -3.71. The van der Waals surface area contributed by atoms with Gasteiger partial charge in [-0.15, -0.1) is 0 Å². The average molecular weight is 299 g/mol. The maximum Gasteiger partial charge on any atom is 0.240 e. The SMILES string of the molecule is CO[C@H](CNS(=O)(=O)c1ccc(F)cc1)c1ccco1. The van der Waals surface area contributed by atoms with Crippen molar-refractivity contribution in [3.05, 3.63) is 54.2 Å². The zero-order valence-electron chi connectivity index (χ0n) is 10.7. The number of ether oxygens (including phenoxy) is 1. The van der Waals surface area contributed by atoms with E-state index in [0.717, 1.165) is 12.1 Å². The van der Waals surface area contributed by atoms with Crippen molar-refractivity contribution in [2.24, 2.45) is 0 Å². The summed E-state index contributed by atoms with van der Waals surface area (Å²) in [4.78, 5) is -0.00630. The minimum Gasteiger partial charge on any atom is -0.467 e. The van der Waals surface area contributed by atoms with Gasteiger partial charge in [0.2, 0.25) is 10.0 Å². The van der Waals surface area contributed by atoms with Crippen molar-refractivity contribution in [3.8, 4) is 0 Å². The molecule has 0 spiro atoms. The third-order valence-corrected chi connectivity index (χ3v) is 4.17. The molecular weight excluding hydrogens is 285 g/mol.